The Labute approximate surface area is 87.2 Å². The zero-order chi connectivity index (χ0) is 9.68. The van der Waals surface area contributed by atoms with Crippen LogP contribution in [0.4, 0.5) is 5.69 Å². The van der Waals surface area contributed by atoms with Crippen molar-refractivity contribution in [3.63, 3.8) is 0 Å². The summed E-state index contributed by atoms with van der Waals surface area (Å²) in [6, 6.07) is 3.67. The summed E-state index contributed by atoms with van der Waals surface area (Å²) in [4.78, 5) is 4.15. The molecule has 1 aromatic heterocycles. The molecule has 1 heterocycles. The average molecular weight is 215 g/mol. The highest BCUT2D eigenvalue weighted by Gasteiger charge is 1.99. The van der Waals surface area contributed by atoms with E-state index in [4.69, 9.17) is 17.3 Å². The number of nitrogens with zero attached hydrogens (tertiary/aromatic N) is 1. The molecule has 0 saturated heterocycles. The first-order valence-electron chi connectivity index (χ1n) is 3.83. The minimum Gasteiger partial charge on any atom is -0.397 e. The highest BCUT2D eigenvalue weighted by molar-refractivity contribution is 7.99. The van der Waals surface area contributed by atoms with Gasteiger partial charge in [-0.2, -0.15) is 0 Å². The van der Waals surface area contributed by atoms with Crippen molar-refractivity contribution in [2.24, 2.45) is 0 Å². The number of halogens is 1. The summed E-state index contributed by atoms with van der Waals surface area (Å²) in [5, 5.41) is 0.861. The standard InChI is InChI=1S/C9H11ClN2S/c1-7(5-10)6-13-9-8(11)3-2-4-12-9/h2-5H,6,11H2,1H3/b7-5-. The topological polar surface area (TPSA) is 38.9 Å². The molecule has 0 aliphatic carbocycles. The Bertz CT molecular complexity index is 312. The molecule has 0 spiro atoms. The minimum absolute atomic E-state index is 0.717. The quantitative estimate of drug-likeness (QED) is 0.787. The zero-order valence-electron chi connectivity index (χ0n) is 7.33. The highest BCUT2D eigenvalue weighted by atomic mass is 35.5. The summed E-state index contributed by atoms with van der Waals surface area (Å²) in [6.45, 7) is 1.97. The van der Waals surface area contributed by atoms with Gasteiger partial charge in [0, 0.05) is 17.5 Å². The molecular formula is C9H11ClN2S. The van der Waals surface area contributed by atoms with E-state index in [0.717, 1.165) is 22.0 Å². The van der Waals surface area contributed by atoms with Gasteiger partial charge in [0.15, 0.2) is 0 Å². The SMILES string of the molecule is C/C(=C/Cl)CSc1ncccc1N. The molecule has 0 unspecified atom stereocenters. The van der Waals surface area contributed by atoms with Crippen LogP contribution in [0.25, 0.3) is 0 Å². The monoisotopic (exact) mass is 214 g/mol. The Balaban J connectivity index is 2.60. The largest absolute Gasteiger partial charge is 0.397 e. The number of aromatic nitrogens is 1. The van der Waals surface area contributed by atoms with E-state index >= 15 is 0 Å². The van der Waals surface area contributed by atoms with Gasteiger partial charge in [0.05, 0.1) is 5.69 Å². The van der Waals surface area contributed by atoms with Gasteiger partial charge in [-0.1, -0.05) is 28.9 Å². The third-order valence-electron chi connectivity index (χ3n) is 1.42. The second-order valence-corrected chi connectivity index (χ2v) is 3.82. The van der Waals surface area contributed by atoms with Crippen molar-refractivity contribution in [1.82, 2.24) is 4.98 Å². The lowest BCUT2D eigenvalue weighted by Gasteiger charge is -2.02. The van der Waals surface area contributed by atoms with Gasteiger partial charge in [0.25, 0.3) is 0 Å². The number of thioether (sulfide) groups is 1. The first-order valence-corrected chi connectivity index (χ1v) is 5.25. The van der Waals surface area contributed by atoms with E-state index in [2.05, 4.69) is 4.98 Å². The van der Waals surface area contributed by atoms with Crippen LogP contribution in [-0.2, 0) is 0 Å². The van der Waals surface area contributed by atoms with Gasteiger partial charge in [-0.3, -0.25) is 0 Å². The van der Waals surface area contributed by atoms with Crippen molar-refractivity contribution in [2.75, 3.05) is 11.5 Å². The average Bonchev–Trinajstić information content (AvgIpc) is 2.16. The molecular weight excluding hydrogens is 204 g/mol. The molecule has 1 aromatic rings. The van der Waals surface area contributed by atoms with Crippen LogP contribution in [0.3, 0.4) is 0 Å². The van der Waals surface area contributed by atoms with Gasteiger partial charge < -0.3 is 5.73 Å². The number of rotatable bonds is 3. The Morgan fingerprint density at radius 3 is 3.15 bits per heavy atom. The first kappa shape index (κ1) is 10.4. The van der Waals surface area contributed by atoms with E-state index in [0.29, 0.717) is 0 Å². The van der Waals surface area contributed by atoms with Crippen LogP contribution in [0.2, 0.25) is 0 Å². The summed E-state index contributed by atoms with van der Waals surface area (Å²) in [5.41, 5.74) is 9.11. The van der Waals surface area contributed by atoms with E-state index in [9.17, 15) is 0 Å². The molecule has 13 heavy (non-hydrogen) atoms. The van der Waals surface area contributed by atoms with Gasteiger partial charge >= 0.3 is 0 Å². The van der Waals surface area contributed by atoms with E-state index in [1.54, 1.807) is 23.5 Å². The molecule has 0 aliphatic heterocycles. The molecule has 2 nitrogen and oxygen atoms in total. The second kappa shape index (κ2) is 5.14. The first-order chi connectivity index (χ1) is 6.24. The fraction of sp³-hybridized carbons (Fsp3) is 0.222. The highest BCUT2D eigenvalue weighted by Crippen LogP contribution is 2.23. The molecule has 4 heteroatoms. The van der Waals surface area contributed by atoms with Gasteiger partial charge in [0.1, 0.15) is 5.03 Å². The second-order valence-electron chi connectivity index (χ2n) is 2.64. The predicted octanol–water partition coefficient (Wildman–Crippen LogP) is 2.90. The van der Waals surface area contributed by atoms with Crippen molar-refractivity contribution in [1.29, 1.82) is 0 Å². The smallest absolute Gasteiger partial charge is 0.119 e. The number of nitrogens with two attached hydrogens (primary N) is 1. The lowest BCUT2D eigenvalue weighted by atomic mass is 10.4. The van der Waals surface area contributed by atoms with E-state index < -0.39 is 0 Å². The fourth-order valence-electron chi connectivity index (χ4n) is 0.738. The maximum Gasteiger partial charge on any atom is 0.119 e. The number of nitrogen functional groups attached to an aromatic ring is 1. The van der Waals surface area contributed by atoms with Crippen molar-refractivity contribution >= 4 is 29.1 Å². The third-order valence-corrected chi connectivity index (χ3v) is 3.01. The van der Waals surface area contributed by atoms with Gasteiger partial charge in [-0.25, -0.2) is 4.98 Å². The Kier molecular flexibility index (Phi) is 4.12. The summed E-state index contributed by atoms with van der Waals surface area (Å²) in [7, 11) is 0. The Morgan fingerprint density at radius 2 is 2.54 bits per heavy atom. The summed E-state index contributed by atoms with van der Waals surface area (Å²) in [5.74, 6) is 0.824. The maximum atomic E-state index is 5.71. The molecule has 70 valence electrons. The lowest BCUT2D eigenvalue weighted by Crippen LogP contribution is -1.91. The van der Waals surface area contributed by atoms with Crippen molar-refractivity contribution in [3.05, 3.63) is 29.4 Å². The molecule has 0 radical (unpaired) electrons. The van der Waals surface area contributed by atoms with Gasteiger partial charge in [-0.05, 0) is 19.1 Å². The Hall–Kier alpha value is -0.670. The van der Waals surface area contributed by atoms with Crippen LogP contribution in [0.15, 0.2) is 34.5 Å². The molecule has 0 bridgehead atoms. The van der Waals surface area contributed by atoms with Crippen molar-refractivity contribution in [3.8, 4) is 0 Å². The molecule has 1 rings (SSSR count). The molecule has 2 N–H and O–H groups in total. The molecule has 0 atom stereocenters. The van der Waals surface area contributed by atoms with Crippen LogP contribution < -0.4 is 5.73 Å². The van der Waals surface area contributed by atoms with Crippen LogP contribution in [0, 0.1) is 0 Å². The third kappa shape index (κ3) is 3.28. The molecule has 0 aromatic carbocycles. The van der Waals surface area contributed by atoms with Crippen LogP contribution in [0.5, 0.6) is 0 Å². The molecule has 0 amide bonds. The number of hydrogen-bond donors (Lipinski definition) is 1. The Morgan fingerprint density at radius 1 is 1.77 bits per heavy atom. The minimum atomic E-state index is 0.717. The molecule has 0 fully saturated rings. The number of pyridine rings is 1. The maximum absolute atomic E-state index is 5.71. The lowest BCUT2D eigenvalue weighted by molar-refractivity contribution is 1.14. The van der Waals surface area contributed by atoms with Crippen LogP contribution in [0.1, 0.15) is 6.92 Å². The van der Waals surface area contributed by atoms with E-state index in [1.807, 2.05) is 19.1 Å². The summed E-state index contributed by atoms with van der Waals surface area (Å²) in [6.07, 6.45) is 1.73. The van der Waals surface area contributed by atoms with Gasteiger partial charge in [-0.15, -0.1) is 0 Å². The van der Waals surface area contributed by atoms with Crippen molar-refractivity contribution in [2.45, 2.75) is 11.9 Å². The van der Waals surface area contributed by atoms with E-state index in [-0.39, 0.29) is 0 Å². The number of hydrogen-bond acceptors (Lipinski definition) is 3. The van der Waals surface area contributed by atoms with Crippen LogP contribution in [-0.4, -0.2) is 10.7 Å². The normalized spacial score (nSPS) is 11.7. The van der Waals surface area contributed by atoms with E-state index in [1.165, 1.54) is 0 Å². The van der Waals surface area contributed by atoms with Crippen molar-refractivity contribution < 1.29 is 0 Å². The summed E-state index contributed by atoms with van der Waals surface area (Å²) >= 11 is 7.12. The predicted molar refractivity (Wildman–Crippen MR) is 59.0 cm³/mol. The molecule has 0 aliphatic rings. The summed E-state index contributed by atoms with van der Waals surface area (Å²) < 4.78 is 0. The zero-order valence-corrected chi connectivity index (χ0v) is 8.90. The molecule has 0 saturated carbocycles. The fourth-order valence-corrected chi connectivity index (χ4v) is 1.72. The number of anilines is 1. The van der Waals surface area contributed by atoms with Crippen LogP contribution >= 0.6 is 23.4 Å². The van der Waals surface area contributed by atoms with Gasteiger partial charge in [0.2, 0.25) is 0 Å².